The largest absolute Gasteiger partial charge is 0.433 e. The number of nitrogens with one attached hydrogen (secondary N) is 2. The summed E-state index contributed by atoms with van der Waals surface area (Å²) in [6, 6.07) is 6.80. The van der Waals surface area contributed by atoms with Crippen LogP contribution in [0.15, 0.2) is 53.8 Å². The summed E-state index contributed by atoms with van der Waals surface area (Å²) in [5.41, 5.74) is 5.61. The number of halogens is 5. The molecule has 2 aromatic rings. The van der Waals surface area contributed by atoms with E-state index in [-0.39, 0.29) is 26.6 Å². The van der Waals surface area contributed by atoms with Gasteiger partial charge in [-0.15, -0.1) is 0 Å². The van der Waals surface area contributed by atoms with Gasteiger partial charge in [-0.3, -0.25) is 15.1 Å². The van der Waals surface area contributed by atoms with Crippen LogP contribution in [0.25, 0.3) is 0 Å². The van der Waals surface area contributed by atoms with Crippen LogP contribution in [0, 0.1) is 5.82 Å². The molecular weight excluding hydrogens is 665 g/mol. The SMILES string of the molecule is NC(=O)c1ccc(F)c(C(/C=C\C(I)NC2(c3ncccc3OC(F)F)CCC2)=N/NI)c1. The number of allylic oxidation sites excluding steroid dienone is 1. The average molecular weight is 685 g/mol. The summed E-state index contributed by atoms with van der Waals surface area (Å²) in [5.74, 6) is -1.21. The molecule has 4 N–H and O–H groups in total. The van der Waals surface area contributed by atoms with Gasteiger partial charge in [-0.25, -0.2) is 8.03 Å². The molecule has 0 bridgehead atoms. The Kier molecular flexibility index (Phi) is 8.92. The second-order valence-electron chi connectivity index (χ2n) is 7.21. The number of pyridine rings is 1. The summed E-state index contributed by atoms with van der Waals surface area (Å²) >= 11 is 3.93. The molecule has 0 spiro atoms. The molecule has 1 amide bonds. The number of ether oxygens (including phenoxy) is 1. The van der Waals surface area contributed by atoms with E-state index in [0.29, 0.717) is 18.5 Å². The molecule has 0 radical (unpaired) electrons. The quantitative estimate of drug-likeness (QED) is 0.0852. The van der Waals surface area contributed by atoms with Gasteiger partial charge in [0, 0.05) is 17.3 Å². The highest BCUT2D eigenvalue weighted by atomic mass is 127. The van der Waals surface area contributed by atoms with Crippen molar-refractivity contribution in [2.24, 2.45) is 10.8 Å². The number of amides is 1. The van der Waals surface area contributed by atoms with Crippen molar-refractivity contribution in [3.8, 4) is 5.75 Å². The molecule has 1 aliphatic rings. The Bertz CT molecular complexity index is 1060. The Morgan fingerprint density at radius 3 is 2.70 bits per heavy atom. The molecule has 33 heavy (non-hydrogen) atoms. The van der Waals surface area contributed by atoms with Crippen molar-refractivity contribution in [3.63, 3.8) is 0 Å². The molecule has 0 saturated heterocycles. The van der Waals surface area contributed by atoms with Gasteiger partial charge < -0.3 is 10.5 Å². The Hall–Kier alpha value is -1.94. The lowest BCUT2D eigenvalue weighted by molar-refractivity contribution is -0.0523. The standard InChI is InChI=1S/C21H20F3I2N5O2/c22-14-5-4-12(19(27)32)11-13(14)15(30-31-26)6-7-17(25)29-21(8-2-9-21)18-16(33-20(23)24)3-1-10-28-18/h1,3-7,10-11,17,20,29,31H,2,8-9H2,(H2,27,32)/b7-6-,30-15+. The highest BCUT2D eigenvalue weighted by Crippen LogP contribution is 2.44. The van der Waals surface area contributed by atoms with E-state index < -0.39 is 23.9 Å². The molecule has 1 aromatic heterocycles. The van der Waals surface area contributed by atoms with E-state index in [1.54, 1.807) is 47.3 Å². The summed E-state index contributed by atoms with van der Waals surface area (Å²) in [6.07, 6.45) is 7.19. The topological polar surface area (TPSA) is 102 Å². The van der Waals surface area contributed by atoms with Crippen LogP contribution in [0.1, 0.15) is 40.9 Å². The second kappa shape index (κ2) is 11.5. The number of hydrogen-bond donors (Lipinski definition) is 3. The Morgan fingerprint density at radius 1 is 1.33 bits per heavy atom. The maximum Gasteiger partial charge on any atom is 0.387 e. The number of aromatic nitrogens is 1. The third-order valence-electron chi connectivity index (χ3n) is 5.17. The fourth-order valence-corrected chi connectivity index (χ4v) is 4.58. The third-order valence-corrected chi connectivity index (χ3v) is 6.14. The number of rotatable bonds is 10. The molecule has 0 aliphatic heterocycles. The molecule has 1 heterocycles. The van der Waals surface area contributed by atoms with Crippen LogP contribution in [0.4, 0.5) is 13.2 Å². The number of alkyl halides is 3. The zero-order chi connectivity index (χ0) is 24.0. The van der Waals surface area contributed by atoms with E-state index in [9.17, 15) is 18.0 Å². The van der Waals surface area contributed by atoms with E-state index in [2.05, 4.69) is 46.4 Å². The molecule has 12 heteroatoms. The number of nitrogens with zero attached hydrogens (tertiary/aromatic N) is 2. The van der Waals surface area contributed by atoms with Crippen molar-refractivity contribution in [1.29, 1.82) is 0 Å². The predicted octanol–water partition coefficient (Wildman–Crippen LogP) is 4.55. The number of hydrogen-bond acceptors (Lipinski definition) is 6. The van der Waals surface area contributed by atoms with Gasteiger partial charge in [0.25, 0.3) is 0 Å². The smallest absolute Gasteiger partial charge is 0.387 e. The van der Waals surface area contributed by atoms with Crippen LogP contribution in [-0.2, 0) is 5.54 Å². The lowest BCUT2D eigenvalue weighted by Crippen LogP contribution is -2.51. The second-order valence-corrected chi connectivity index (χ2v) is 9.03. The van der Waals surface area contributed by atoms with Crippen molar-refractivity contribution in [2.75, 3.05) is 0 Å². The zero-order valence-corrected chi connectivity index (χ0v) is 21.4. The van der Waals surface area contributed by atoms with Crippen LogP contribution in [0.3, 0.4) is 0 Å². The number of primary amides is 1. The molecule has 1 unspecified atom stereocenters. The van der Waals surface area contributed by atoms with Crippen molar-refractivity contribution in [2.45, 2.75) is 35.5 Å². The maximum absolute atomic E-state index is 14.4. The molecule has 3 rings (SSSR count). The number of hydrazone groups is 1. The van der Waals surface area contributed by atoms with Gasteiger partial charge in [-0.05, 0) is 55.7 Å². The Balaban J connectivity index is 1.83. The van der Waals surface area contributed by atoms with Crippen molar-refractivity contribution < 1.29 is 22.7 Å². The summed E-state index contributed by atoms with van der Waals surface area (Å²) in [7, 11) is 0. The van der Waals surface area contributed by atoms with Crippen molar-refractivity contribution in [1.82, 2.24) is 13.9 Å². The molecular formula is C21H20F3I2N5O2. The van der Waals surface area contributed by atoms with E-state index in [4.69, 9.17) is 5.73 Å². The minimum absolute atomic E-state index is 0.0361. The number of carbonyl (C=O) groups excluding carboxylic acids is 1. The van der Waals surface area contributed by atoms with Gasteiger partial charge in [0.1, 0.15) is 17.3 Å². The molecule has 1 aromatic carbocycles. The van der Waals surface area contributed by atoms with Crippen LogP contribution in [0.5, 0.6) is 5.75 Å². The molecule has 176 valence electrons. The first-order valence-corrected chi connectivity index (χ1v) is 12.1. The van der Waals surface area contributed by atoms with Crippen LogP contribution in [-0.4, -0.2) is 27.3 Å². The highest BCUT2D eigenvalue weighted by molar-refractivity contribution is 14.1. The first-order chi connectivity index (χ1) is 15.8. The zero-order valence-electron chi connectivity index (χ0n) is 17.1. The molecule has 1 saturated carbocycles. The fraction of sp³-hybridized carbons (Fsp3) is 0.286. The minimum Gasteiger partial charge on any atom is -0.433 e. The summed E-state index contributed by atoms with van der Waals surface area (Å²) in [4.78, 5) is 15.8. The van der Waals surface area contributed by atoms with Gasteiger partial charge in [0.2, 0.25) is 5.91 Å². The summed E-state index contributed by atoms with van der Waals surface area (Å²) < 4.78 is 47.1. The molecule has 1 atom stereocenters. The third kappa shape index (κ3) is 6.35. The summed E-state index contributed by atoms with van der Waals surface area (Å²) in [5, 5.41) is 7.51. The van der Waals surface area contributed by atoms with Crippen molar-refractivity contribution >= 4 is 57.1 Å². The lowest BCUT2D eigenvalue weighted by atomic mass is 9.73. The Labute approximate surface area is 216 Å². The number of benzene rings is 1. The number of carbonyl (C=O) groups is 1. The first-order valence-electron chi connectivity index (χ1n) is 9.79. The van der Waals surface area contributed by atoms with Crippen molar-refractivity contribution in [3.05, 3.63) is 71.3 Å². The lowest BCUT2D eigenvalue weighted by Gasteiger charge is -2.43. The van der Waals surface area contributed by atoms with E-state index >= 15 is 0 Å². The van der Waals surface area contributed by atoms with Gasteiger partial charge in [0.15, 0.2) is 0 Å². The van der Waals surface area contributed by atoms with Gasteiger partial charge in [-0.2, -0.15) is 13.9 Å². The monoisotopic (exact) mass is 685 g/mol. The van der Waals surface area contributed by atoms with Crippen LogP contribution in [0.2, 0.25) is 0 Å². The first kappa shape index (κ1) is 25.7. The molecule has 1 fully saturated rings. The fourth-order valence-electron chi connectivity index (χ4n) is 3.52. The maximum atomic E-state index is 14.4. The van der Waals surface area contributed by atoms with Gasteiger partial charge in [-0.1, -0.05) is 28.7 Å². The number of nitrogens with two attached hydrogens (primary N) is 1. The van der Waals surface area contributed by atoms with E-state index in [1.165, 1.54) is 18.2 Å². The van der Waals surface area contributed by atoms with Gasteiger partial charge >= 0.3 is 6.61 Å². The van der Waals surface area contributed by atoms with Gasteiger partial charge in [0.05, 0.1) is 38.2 Å². The Morgan fingerprint density at radius 2 is 2.09 bits per heavy atom. The summed E-state index contributed by atoms with van der Waals surface area (Å²) in [6.45, 7) is -2.95. The highest BCUT2D eigenvalue weighted by Gasteiger charge is 2.43. The molecule has 7 nitrogen and oxygen atoms in total. The molecule has 1 aliphatic carbocycles. The van der Waals surface area contributed by atoms with Crippen LogP contribution < -0.4 is 19.4 Å². The van der Waals surface area contributed by atoms with Crippen LogP contribution >= 0.6 is 45.5 Å². The van der Waals surface area contributed by atoms with E-state index in [0.717, 1.165) is 12.5 Å². The predicted molar refractivity (Wildman–Crippen MR) is 135 cm³/mol. The van der Waals surface area contributed by atoms with E-state index in [1.807, 2.05) is 0 Å². The average Bonchev–Trinajstić information content (AvgIpc) is 2.74. The minimum atomic E-state index is -2.95. The normalized spacial score (nSPS) is 16.5.